The van der Waals surface area contributed by atoms with Gasteiger partial charge in [-0.25, -0.2) is 0 Å². The van der Waals surface area contributed by atoms with E-state index in [-0.39, 0.29) is 0 Å². The summed E-state index contributed by atoms with van der Waals surface area (Å²) in [6.45, 7) is 0. The Morgan fingerprint density at radius 3 is 1.73 bits per heavy atom. The number of nitrogens with zero attached hydrogens (tertiary/aromatic N) is 3. The molecule has 0 spiro atoms. The summed E-state index contributed by atoms with van der Waals surface area (Å²) >= 11 is 0. The lowest BCUT2D eigenvalue weighted by molar-refractivity contribution is 1.18. The van der Waals surface area contributed by atoms with E-state index in [4.69, 9.17) is 4.99 Å². The summed E-state index contributed by atoms with van der Waals surface area (Å²) in [5, 5.41) is 4.93. The number of fused-ring (bicyclic) bond motifs is 5. The number of aliphatic imine (C=N–C) groups is 1. The first-order valence-electron chi connectivity index (χ1n) is 17.5. The highest BCUT2D eigenvalue weighted by Crippen LogP contribution is 2.41. The first kappa shape index (κ1) is 29.2. The van der Waals surface area contributed by atoms with Crippen molar-refractivity contribution in [2.75, 3.05) is 4.90 Å². The lowest BCUT2D eigenvalue weighted by atomic mass is 10.0. The molecule has 1 aliphatic rings. The number of aromatic nitrogens is 1. The zero-order valence-electron chi connectivity index (χ0n) is 27.9. The molecule has 0 bridgehead atoms. The van der Waals surface area contributed by atoms with E-state index in [2.05, 4.69) is 198 Å². The maximum absolute atomic E-state index is 4.96. The van der Waals surface area contributed by atoms with Gasteiger partial charge in [-0.3, -0.25) is 4.99 Å². The quantitative estimate of drug-likeness (QED) is 0.175. The molecule has 0 N–H and O–H groups in total. The summed E-state index contributed by atoms with van der Waals surface area (Å²) in [4.78, 5) is 7.33. The Balaban J connectivity index is 1.14. The van der Waals surface area contributed by atoms with Gasteiger partial charge in [0.1, 0.15) is 0 Å². The molecule has 0 radical (unpaired) electrons. The third-order valence-electron chi connectivity index (χ3n) is 10.2. The van der Waals surface area contributed by atoms with Crippen molar-refractivity contribution in [2.45, 2.75) is 6.42 Å². The normalized spacial score (nSPS) is 12.4. The van der Waals surface area contributed by atoms with E-state index < -0.39 is 0 Å². The van der Waals surface area contributed by atoms with Gasteiger partial charge in [-0.15, -0.1) is 0 Å². The number of anilines is 3. The van der Waals surface area contributed by atoms with E-state index in [0.29, 0.717) is 0 Å². The van der Waals surface area contributed by atoms with Crippen molar-refractivity contribution >= 4 is 61.0 Å². The monoisotopic (exact) mass is 651 g/mol. The molecule has 10 rings (SSSR count). The molecular weight excluding hydrogens is 619 g/mol. The maximum atomic E-state index is 4.96. The van der Waals surface area contributed by atoms with Crippen LogP contribution in [0, 0.1) is 0 Å². The fourth-order valence-electron chi connectivity index (χ4n) is 7.67. The largest absolute Gasteiger partial charge is 0.310 e. The summed E-state index contributed by atoms with van der Waals surface area (Å²) in [6, 6.07) is 67.8. The Hall–Kier alpha value is -6.71. The average Bonchev–Trinajstić information content (AvgIpc) is 3.77. The van der Waals surface area contributed by atoms with Crippen LogP contribution in [0.25, 0.3) is 49.4 Å². The third kappa shape index (κ3) is 5.10. The highest BCUT2D eigenvalue weighted by atomic mass is 15.1. The highest BCUT2D eigenvalue weighted by Gasteiger charge is 2.20. The van der Waals surface area contributed by atoms with Crippen LogP contribution in [0.2, 0.25) is 0 Å². The van der Waals surface area contributed by atoms with Crippen molar-refractivity contribution in [1.29, 1.82) is 0 Å². The van der Waals surface area contributed by atoms with Crippen LogP contribution in [0.3, 0.4) is 0 Å². The molecule has 1 aliphatic heterocycles. The van der Waals surface area contributed by atoms with Crippen molar-refractivity contribution in [3.05, 3.63) is 199 Å². The third-order valence-corrected chi connectivity index (χ3v) is 10.2. The fourth-order valence-corrected chi connectivity index (χ4v) is 7.67. The fraction of sp³-hybridized carbons (Fsp3) is 0.0208. The molecule has 0 amide bonds. The van der Waals surface area contributed by atoms with E-state index in [1.165, 1.54) is 49.3 Å². The second-order valence-electron chi connectivity index (χ2n) is 13.2. The van der Waals surface area contributed by atoms with E-state index in [9.17, 15) is 0 Å². The Morgan fingerprint density at radius 1 is 0.431 bits per heavy atom. The van der Waals surface area contributed by atoms with Gasteiger partial charge < -0.3 is 9.47 Å². The van der Waals surface area contributed by atoms with Gasteiger partial charge in [-0.1, -0.05) is 115 Å². The van der Waals surface area contributed by atoms with Gasteiger partial charge in [0.15, 0.2) is 0 Å². The molecular formula is C48H33N3. The number of para-hydroxylation sites is 2. The van der Waals surface area contributed by atoms with Gasteiger partial charge in [-0.2, -0.15) is 0 Å². The summed E-state index contributed by atoms with van der Waals surface area (Å²) in [5.41, 5.74) is 13.9. The van der Waals surface area contributed by atoms with Gasteiger partial charge in [0.05, 0.1) is 22.4 Å². The van der Waals surface area contributed by atoms with E-state index in [1.807, 2.05) is 0 Å². The van der Waals surface area contributed by atoms with Crippen LogP contribution < -0.4 is 4.90 Å². The van der Waals surface area contributed by atoms with Gasteiger partial charge in [0, 0.05) is 39.9 Å². The van der Waals surface area contributed by atoms with Crippen LogP contribution >= 0.6 is 0 Å². The Labute approximate surface area is 297 Å². The van der Waals surface area contributed by atoms with Crippen molar-refractivity contribution in [1.82, 2.24) is 4.57 Å². The van der Waals surface area contributed by atoms with Crippen LogP contribution in [0.1, 0.15) is 11.1 Å². The van der Waals surface area contributed by atoms with Gasteiger partial charge >= 0.3 is 0 Å². The molecule has 0 atom stereocenters. The lowest BCUT2D eigenvalue weighted by Crippen LogP contribution is -2.10. The standard InChI is InChI=1S/C48H33N3/c1-3-11-33(12-4-1)34-19-23-40(24-20-34)50(41-25-21-35(22-26-41)46-30-38-15-9-10-18-45(38)49-46)42-27-28-47-44(32-42)43-29-36-13-7-8-14-37(36)31-48(43)51(47)39-16-5-2-6-17-39/h1-29,31-32H,30H2. The molecule has 0 aliphatic carbocycles. The molecule has 0 fully saturated rings. The maximum Gasteiger partial charge on any atom is 0.0669 e. The van der Waals surface area contributed by atoms with Crippen molar-refractivity contribution in [3.63, 3.8) is 0 Å². The average molecular weight is 652 g/mol. The van der Waals surface area contributed by atoms with E-state index in [0.717, 1.165) is 46.1 Å². The molecule has 51 heavy (non-hydrogen) atoms. The van der Waals surface area contributed by atoms with E-state index >= 15 is 0 Å². The molecule has 0 unspecified atom stereocenters. The Morgan fingerprint density at radius 2 is 1.00 bits per heavy atom. The number of hydrogen-bond donors (Lipinski definition) is 0. The van der Waals surface area contributed by atoms with Crippen LogP contribution in [0.15, 0.2) is 193 Å². The first-order valence-corrected chi connectivity index (χ1v) is 17.5. The van der Waals surface area contributed by atoms with Crippen LogP contribution in [-0.2, 0) is 6.42 Å². The second-order valence-corrected chi connectivity index (χ2v) is 13.2. The molecule has 2 heterocycles. The molecule has 8 aromatic carbocycles. The first-order chi connectivity index (χ1) is 25.3. The smallest absolute Gasteiger partial charge is 0.0669 e. The van der Waals surface area contributed by atoms with Crippen molar-refractivity contribution < 1.29 is 0 Å². The summed E-state index contributed by atoms with van der Waals surface area (Å²) in [5.74, 6) is 0. The van der Waals surface area contributed by atoms with Crippen molar-refractivity contribution in [3.8, 4) is 16.8 Å². The molecule has 9 aromatic rings. The molecule has 0 saturated heterocycles. The summed E-state index contributed by atoms with van der Waals surface area (Å²) < 4.78 is 2.40. The highest BCUT2D eigenvalue weighted by molar-refractivity contribution is 6.14. The zero-order valence-corrected chi connectivity index (χ0v) is 27.9. The van der Waals surface area contributed by atoms with Crippen LogP contribution in [-0.4, -0.2) is 10.3 Å². The van der Waals surface area contributed by atoms with Crippen LogP contribution in [0.4, 0.5) is 22.7 Å². The Kier molecular flexibility index (Phi) is 6.88. The summed E-state index contributed by atoms with van der Waals surface area (Å²) in [7, 11) is 0. The molecule has 1 aromatic heterocycles. The molecule has 0 saturated carbocycles. The molecule has 3 heteroatoms. The number of hydrogen-bond acceptors (Lipinski definition) is 2. The predicted octanol–water partition coefficient (Wildman–Crippen LogP) is 12.8. The second kappa shape index (κ2) is 12.0. The van der Waals surface area contributed by atoms with Crippen LogP contribution in [0.5, 0.6) is 0 Å². The topological polar surface area (TPSA) is 20.5 Å². The zero-order chi connectivity index (χ0) is 33.7. The Bertz CT molecular complexity index is 2740. The molecule has 240 valence electrons. The SMILES string of the molecule is c1ccc(-c2ccc(N(c3ccc(C4=Nc5ccccc5C4)cc3)c3ccc4c(c3)c3cc5ccccc5cc3n4-c3ccccc3)cc2)cc1. The predicted molar refractivity (Wildman–Crippen MR) is 215 cm³/mol. The summed E-state index contributed by atoms with van der Waals surface area (Å²) in [6.07, 6.45) is 0.858. The minimum atomic E-state index is 0.858. The van der Waals surface area contributed by atoms with Crippen molar-refractivity contribution in [2.24, 2.45) is 4.99 Å². The van der Waals surface area contributed by atoms with E-state index in [1.54, 1.807) is 0 Å². The minimum Gasteiger partial charge on any atom is -0.310 e. The molecule has 3 nitrogen and oxygen atoms in total. The minimum absolute atomic E-state index is 0.858. The lowest BCUT2D eigenvalue weighted by Gasteiger charge is -2.26. The van der Waals surface area contributed by atoms with Gasteiger partial charge in [0.2, 0.25) is 0 Å². The number of rotatable bonds is 6. The number of benzene rings is 8. The van der Waals surface area contributed by atoms with Gasteiger partial charge in [0.25, 0.3) is 0 Å². The van der Waals surface area contributed by atoms with Gasteiger partial charge in [-0.05, 0) is 106 Å².